The second-order valence-electron chi connectivity index (χ2n) is 8.57. The Hall–Kier alpha value is -2.91. The number of sulfonamides is 1. The maximum Gasteiger partial charge on any atom is 0.265 e. The number of nitrogens with zero attached hydrogens (tertiary/aromatic N) is 1. The molecular weight excluding hydrogens is 442 g/mol. The largest absolute Gasteiger partial charge is 0.479 e. The van der Waals surface area contributed by atoms with Crippen molar-refractivity contribution in [2.75, 3.05) is 25.0 Å². The summed E-state index contributed by atoms with van der Waals surface area (Å²) in [6.07, 6.45) is 1.03. The fourth-order valence-electron chi connectivity index (χ4n) is 4.24. The minimum atomic E-state index is -3.75. The Labute approximate surface area is 194 Å². The van der Waals surface area contributed by atoms with Gasteiger partial charge in [0.2, 0.25) is 15.9 Å². The minimum absolute atomic E-state index is 0.0222. The number of aryl methyl sites for hydroxylation is 1. The number of benzene rings is 2. The van der Waals surface area contributed by atoms with Gasteiger partial charge in [0, 0.05) is 31.6 Å². The van der Waals surface area contributed by atoms with Crippen molar-refractivity contribution in [3.63, 3.8) is 0 Å². The van der Waals surface area contributed by atoms with E-state index in [9.17, 15) is 18.0 Å². The molecule has 2 heterocycles. The number of ether oxygens (including phenoxy) is 1. The Balaban J connectivity index is 1.36. The van der Waals surface area contributed by atoms with Crippen LogP contribution in [-0.4, -0.2) is 50.3 Å². The zero-order valence-corrected chi connectivity index (χ0v) is 19.7. The molecule has 2 aromatic rings. The number of carbonyl (C=O) groups excluding carboxylic acids is 2. The molecule has 2 amide bonds. The first kappa shape index (κ1) is 23.3. The summed E-state index contributed by atoms with van der Waals surface area (Å²) in [6, 6.07) is 13.1. The topological polar surface area (TPSA) is 105 Å². The lowest BCUT2D eigenvalue weighted by Crippen LogP contribution is -2.43. The van der Waals surface area contributed by atoms with Crippen LogP contribution in [0, 0.1) is 12.8 Å². The summed E-state index contributed by atoms with van der Waals surface area (Å²) in [5, 5.41) is 5.72. The molecule has 1 fully saturated rings. The number of hydrogen-bond donors (Lipinski definition) is 2. The molecule has 2 N–H and O–H groups in total. The number of fused-ring (bicyclic) bond motifs is 1. The van der Waals surface area contributed by atoms with E-state index in [-0.39, 0.29) is 35.7 Å². The molecule has 0 radical (unpaired) electrons. The van der Waals surface area contributed by atoms with Gasteiger partial charge in [-0.3, -0.25) is 9.59 Å². The smallest absolute Gasteiger partial charge is 0.265 e. The summed E-state index contributed by atoms with van der Waals surface area (Å²) in [7, 11) is -3.75. The summed E-state index contributed by atoms with van der Waals surface area (Å²) in [5.74, 6) is -0.136. The molecule has 2 aromatic carbocycles. The van der Waals surface area contributed by atoms with E-state index < -0.39 is 16.1 Å². The molecule has 2 aliphatic heterocycles. The SMILES string of the molecule is Cc1cc2c(cc1S(=O)(=O)N1CCC(C(=O)NCCc3ccccc3)CC1)O[C@H](C)C(=O)N2. The van der Waals surface area contributed by atoms with Gasteiger partial charge in [-0.25, -0.2) is 8.42 Å². The lowest BCUT2D eigenvalue weighted by atomic mass is 9.97. The Bertz CT molecular complexity index is 1140. The zero-order chi connectivity index (χ0) is 23.6. The third-order valence-electron chi connectivity index (χ3n) is 6.21. The first-order valence-electron chi connectivity index (χ1n) is 11.2. The van der Waals surface area contributed by atoms with Crippen molar-refractivity contribution in [3.05, 3.63) is 53.6 Å². The molecule has 9 heteroatoms. The predicted molar refractivity (Wildman–Crippen MR) is 125 cm³/mol. The summed E-state index contributed by atoms with van der Waals surface area (Å²) >= 11 is 0. The Morgan fingerprint density at radius 2 is 1.88 bits per heavy atom. The van der Waals surface area contributed by atoms with Crippen LogP contribution < -0.4 is 15.4 Å². The van der Waals surface area contributed by atoms with E-state index in [1.54, 1.807) is 19.9 Å². The van der Waals surface area contributed by atoms with Gasteiger partial charge in [-0.1, -0.05) is 30.3 Å². The first-order chi connectivity index (χ1) is 15.8. The summed E-state index contributed by atoms with van der Waals surface area (Å²) in [6.45, 7) is 4.43. The van der Waals surface area contributed by atoms with Gasteiger partial charge >= 0.3 is 0 Å². The van der Waals surface area contributed by atoms with E-state index in [0.29, 0.717) is 36.4 Å². The molecule has 1 atom stereocenters. The van der Waals surface area contributed by atoms with E-state index in [0.717, 1.165) is 12.0 Å². The predicted octanol–water partition coefficient (Wildman–Crippen LogP) is 2.47. The Kier molecular flexibility index (Phi) is 6.71. The second-order valence-corrected chi connectivity index (χ2v) is 10.5. The normalized spacial score (nSPS) is 19.3. The van der Waals surface area contributed by atoms with Gasteiger partial charge in [0.25, 0.3) is 5.91 Å². The maximum absolute atomic E-state index is 13.3. The lowest BCUT2D eigenvalue weighted by Gasteiger charge is -2.31. The monoisotopic (exact) mass is 471 g/mol. The fraction of sp³-hybridized carbons (Fsp3) is 0.417. The molecule has 1 saturated heterocycles. The van der Waals surface area contributed by atoms with Crippen molar-refractivity contribution in [2.45, 2.75) is 44.1 Å². The fourth-order valence-corrected chi connectivity index (χ4v) is 5.93. The number of rotatable bonds is 6. The van der Waals surface area contributed by atoms with Crippen LogP contribution in [0.4, 0.5) is 5.69 Å². The number of anilines is 1. The zero-order valence-electron chi connectivity index (χ0n) is 18.8. The molecular formula is C24H29N3O5S. The van der Waals surface area contributed by atoms with Crippen molar-refractivity contribution >= 4 is 27.5 Å². The molecule has 0 saturated carbocycles. The molecule has 0 unspecified atom stereocenters. The van der Waals surface area contributed by atoms with Crippen LogP contribution >= 0.6 is 0 Å². The summed E-state index contributed by atoms with van der Waals surface area (Å²) in [4.78, 5) is 24.5. The van der Waals surface area contributed by atoms with Crippen molar-refractivity contribution < 1.29 is 22.7 Å². The first-order valence-corrected chi connectivity index (χ1v) is 12.6. The van der Waals surface area contributed by atoms with Crippen LogP contribution in [0.3, 0.4) is 0 Å². The highest BCUT2D eigenvalue weighted by molar-refractivity contribution is 7.89. The molecule has 33 heavy (non-hydrogen) atoms. The van der Waals surface area contributed by atoms with Gasteiger partial charge in [0.1, 0.15) is 5.75 Å². The summed E-state index contributed by atoms with van der Waals surface area (Å²) < 4.78 is 33.7. The molecule has 0 spiro atoms. The number of hydrogen-bond acceptors (Lipinski definition) is 5. The average Bonchev–Trinajstić information content (AvgIpc) is 2.80. The highest BCUT2D eigenvalue weighted by atomic mass is 32.2. The van der Waals surface area contributed by atoms with Gasteiger partial charge in [-0.05, 0) is 50.3 Å². The van der Waals surface area contributed by atoms with Gasteiger partial charge in [-0.15, -0.1) is 0 Å². The number of nitrogens with one attached hydrogen (secondary N) is 2. The molecule has 0 aromatic heterocycles. The van der Waals surface area contributed by atoms with E-state index in [4.69, 9.17) is 4.74 Å². The second kappa shape index (κ2) is 9.52. The van der Waals surface area contributed by atoms with Gasteiger partial charge in [0.15, 0.2) is 6.10 Å². The van der Waals surface area contributed by atoms with E-state index in [1.165, 1.54) is 10.4 Å². The lowest BCUT2D eigenvalue weighted by molar-refractivity contribution is -0.126. The van der Waals surface area contributed by atoms with Crippen LogP contribution in [0.25, 0.3) is 0 Å². The number of piperidine rings is 1. The molecule has 176 valence electrons. The van der Waals surface area contributed by atoms with Crippen LogP contribution in [0.15, 0.2) is 47.4 Å². The highest BCUT2D eigenvalue weighted by Crippen LogP contribution is 2.36. The average molecular weight is 472 g/mol. The van der Waals surface area contributed by atoms with Gasteiger partial charge in [-0.2, -0.15) is 4.31 Å². The van der Waals surface area contributed by atoms with Crippen molar-refractivity contribution in [1.29, 1.82) is 0 Å². The molecule has 8 nitrogen and oxygen atoms in total. The maximum atomic E-state index is 13.3. The third kappa shape index (κ3) is 5.04. The third-order valence-corrected chi connectivity index (χ3v) is 8.25. The van der Waals surface area contributed by atoms with Crippen LogP contribution in [0.1, 0.15) is 30.9 Å². The van der Waals surface area contributed by atoms with Crippen LogP contribution in [-0.2, 0) is 26.0 Å². The number of amides is 2. The summed E-state index contributed by atoms with van der Waals surface area (Å²) in [5.41, 5.74) is 2.17. The van der Waals surface area contributed by atoms with Gasteiger partial charge in [0.05, 0.1) is 10.6 Å². The standard InChI is InChI=1S/C24H29N3O5S/c1-16-14-20-21(32-17(2)23(28)26-20)15-22(16)33(30,31)27-12-9-19(10-13-27)24(29)25-11-8-18-6-4-3-5-7-18/h3-7,14-15,17,19H,8-13H2,1-2H3,(H,25,29)(H,26,28)/t17-/m1/s1. The molecule has 0 aliphatic carbocycles. The van der Waals surface area contributed by atoms with Crippen molar-refractivity contribution in [1.82, 2.24) is 9.62 Å². The number of carbonyl (C=O) groups is 2. The van der Waals surface area contributed by atoms with Gasteiger partial charge < -0.3 is 15.4 Å². The quantitative estimate of drug-likeness (QED) is 0.674. The van der Waals surface area contributed by atoms with Crippen LogP contribution in [0.5, 0.6) is 5.75 Å². The Morgan fingerprint density at radius 3 is 2.58 bits per heavy atom. The van der Waals surface area contributed by atoms with Crippen LogP contribution in [0.2, 0.25) is 0 Å². The molecule has 4 rings (SSSR count). The minimum Gasteiger partial charge on any atom is -0.479 e. The van der Waals surface area contributed by atoms with E-state index in [2.05, 4.69) is 10.6 Å². The Morgan fingerprint density at radius 1 is 1.18 bits per heavy atom. The van der Waals surface area contributed by atoms with E-state index in [1.807, 2.05) is 30.3 Å². The molecule has 0 bridgehead atoms. The van der Waals surface area contributed by atoms with Crippen molar-refractivity contribution in [2.24, 2.45) is 5.92 Å². The molecule has 2 aliphatic rings. The highest BCUT2D eigenvalue weighted by Gasteiger charge is 2.34. The van der Waals surface area contributed by atoms with Crippen molar-refractivity contribution in [3.8, 4) is 5.75 Å². The van der Waals surface area contributed by atoms with E-state index >= 15 is 0 Å².